The molecule has 20 heavy (non-hydrogen) atoms. The average molecular weight is 268 g/mol. The second-order valence-electron chi connectivity index (χ2n) is 4.63. The Kier molecular flexibility index (Phi) is 3.08. The van der Waals surface area contributed by atoms with E-state index in [0.29, 0.717) is 6.54 Å². The molecule has 6 nitrogen and oxygen atoms in total. The highest BCUT2D eigenvalue weighted by atomic mass is 15.3. The summed E-state index contributed by atoms with van der Waals surface area (Å²) in [5, 5.41) is 5.16. The fraction of sp³-hybridized carbons (Fsp3) is 0.214. The maximum atomic E-state index is 5.62. The van der Waals surface area contributed by atoms with Crippen LogP contribution in [0.25, 0.3) is 11.0 Å². The number of rotatable bonds is 3. The zero-order valence-electron chi connectivity index (χ0n) is 11.5. The van der Waals surface area contributed by atoms with Gasteiger partial charge in [-0.1, -0.05) is 12.1 Å². The van der Waals surface area contributed by atoms with Crippen LogP contribution in [0.4, 0.5) is 11.5 Å². The number of fused-ring (bicyclic) bond motifs is 1. The number of nitrogens with zero attached hydrogens (tertiary/aromatic N) is 5. The van der Waals surface area contributed by atoms with E-state index in [0.717, 1.165) is 28.1 Å². The summed E-state index contributed by atoms with van der Waals surface area (Å²) < 4.78 is 1.74. The van der Waals surface area contributed by atoms with Crippen LogP contribution in [0.2, 0.25) is 0 Å². The van der Waals surface area contributed by atoms with Gasteiger partial charge in [-0.05, 0) is 17.7 Å². The third kappa shape index (κ3) is 2.00. The summed E-state index contributed by atoms with van der Waals surface area (Å²) in [6.07, 6.45) is 3.35. The smallest absolute Gasteiger partial charge is 0.163 e. The first kappa shape index (κ1) is 12.6. The predicted molar refractivity (Wildman–Crippen MR) is 78.7 cm³/mol. The van der Waals surface area contributed by atoms with Gasteiger partial charge in [-0.3, -0.25) is 4.68 Å². The lowest BCUT2D eigenvalue weighted by Crippen LogP contribution is -2.12. The van der Waals surface area contributed by atoms with Crippen molar-refractivity contribution >= 4 is 22.5 Å². The number of aromatic nitrogens is 4. The second-order valence-corrected chi connectivity index (χ2v) is 4.63. The van der Waals surface area contributed by atoms with Crippen LogP contribution in [-0.2, 0) is 13.6 Å². The molecule has 0 aliphatic heterocycles. The molecular weight excluding hydrogens is 252 g/mol. The lowest BCUT2D eigenvalue weighted by molar-refractivity contribution is 0.785. The first-order chi connectivity index (χ1) is 9.70. The van der Waals surface area contributed by atoms with Crippen molar-refractivity contribution in [3.05, 3.63) is 42.4 Å². The van der Waals surface area contributed by atoms with Gasteiger partial charge in [0.05, 0.1) is 11.6 Å². The molecule has 2 aromatic heterocycles. The number of hydrogen-bond acceptors (Lipinski definition) is 5. The zero-order chi connectivity index (χ0) is 14.1. The van der Waals surface area contributed by atoms with Crippen LogP contribution in [-0.4, -0.2) is 26.8 Å². The summed E-state index contributed by atoms with van der Waals surface area (Å²) >= 11 is 0. The van der Waals surface area contributed by atoms with Gasteiger partial charge in [-0.2, -0.15) is 5.10 Å². The van der Waals surface area contributed by atoms with E-state index in [1.165, 1.54) is 0 Å². The third-order valence-electron chi connectivity index (χ3n) is 3.39. The van der Waals surface area contributed by atoms with Crippen LogP contribution < -0.4 is 10.6 Å². The fourth-order valence-corrected chi connectivity index (χ4v) is 2.19. The van der Waals surface area contributed by atoms with Crippen LogP contribution in [0.1, 0.15) is 5.56 Å². The van der Waals surface area contributed by atoms with E-state index in [-0.39, 0.29) is 0 Å². The van der Waals surface area contributed by atoms with Crippen molar-refractivity contribution in [1.82, 2.24) is 19.7 Å². The highest BCUT2D eigenvalue weighted by Gasteiger charge is 2.12. The van der Waals surface area contributed by atoms with E-state index in [1.807, 2.05) is 43.3 Å². The van der Waals surface area contributed by atoms with Gasteiger partial charge in [-0.15, -0.1) is 0 Å². The largest absolute Gasteiger partial charge is 0.329 e. The number of hydrogen-bond donors (Lipinski definition) is 1. The number of anilines is 2. The molecule has 0 saturated heterocycles. The van der Waals surface area contributed by atoms with Gasteiger partial charge in [0.25, 0.3) is 0 Å². The Labute approximate surface area is 116 Å². The minimum atomic E-state index is 0.546. The van der Waals surface area contributed by atoms with E-state index in [9.17, 15) is 0 Å². The van der Waals surface area contributed by atoms with E-state index in [2.05, 4.69) is 15.1 Å². The van der Waals surface area contributed by atoms with Gasteiger partial charge in [0, 0.05) is 26.3 Å². The summed E-state index contributed by atoms with van der Waals surface area (Å²) in [5.41, 5.74) is 8.59. The van der Waals surface area contributed by atoms with E-state index >= 15 is 0 Å². The topological polar surface area (TPSA) is 72.9 Å². The molecule has 0 atom stereocenters. The molecule has 0 saturated carbocycles. The van der Waals surface area contributed by atoms with Crippen molar-refractivity contribution in [3.8, 4) is 0 Å². The van der Waals surface area contributed by atoms with E-state index in [4.69, 9.17) is 5.73 Å². The molecule has 0 radical (unpaired) electrons. The molecule has 102 valence electrons. The first-order valence-electron chi connectivity index (χ1n) is 6.36. The summed E-state index contributed by atoms with van der Waals surface area (Å²) in [7, 11) is 3.85. The lowest BCUT2D eigenvalue weighted by atomic mass is 10.2. The van der Waals surface area contributed by atoms with Crippen molar-refractivity contribution in [3.63, 3.8) is 0 Å². The van der Waals surface area contributed by atoms with Gasteiger partial charge in [-0.25, -0.2) is 9.97 Å². The third-order valence-corrected chi connectivity index (χ3v) is 3.39. The van der Waals surface area contributed by atoms with Crippen LogP contribution in [0, 0.1) is 0 Å². The molecular formula is C14H16N6. The SMILES string of the molecule is CN(c1ccc(CN)cc1)c1ncnc2c1cnn2C. The normalized spacial score (nSPS) is 10.9. The van der Waals surface area contributed by atoms with Crippen LogP contribution in [0.15, 0.2) is 36.8 Å². The van der Waals surface area contributed by atoms with E-state index < -0.39 is 0 Å². The highest BCUT2D eigenvalue weighted by Crippen LogP contribution is 2.27. The molecule has 0 bridgehead atoms. The average Bonchev–Trinajstić information content (AvgIpc) is 2.88. The van der Waals surface area contributed by atoms with Crippen molar-refractivity contribution in [2.45, 2.75) is 6.54 Å². The maximum absolute atomic E-state index is 5.62. The molecule has 0 fully saturated rings. The summed E-state index contributed by atoms with van der Waals surface area (Å²) in [5.74, 6) is 0.837. The Morgan fingerprint density at radius 3 is 2.65 bits per heavy atom. The Bertz CT molecular complexity index is 731. The minimum absolute atomic E-state index is 0.546. The summed E-state index contributed by atoms with van der Waals surface area (Å²) in [6.45, 7) is 0.546. The molecule has 0 unspecified atom stereocenters. The van der Waals surface area contributed by atoms with Crippen LogP contribution >= 0.6 is 0 Å². The van der Waals surface area contributed by atoms with Gasteiger partial charge < -0.3 is 10.6 Å². The van der Waals surface area contributed by atoms with E-state index in [1.54, 1.807) is 17.2 Å². The van der Waals surface area contributed by atoms with Crippen molar-refractivity contribution in [2.24, 2.45) is 12.8 Å². The molecule has 1 aromatic carbocycles. The molecule has 2 heterocycles. The number of benzene rings is 1. The van der Waals surface area contributed by atoms with Gasteiger partial charge in [0.15, 0.2) is 5.65 Å². The fourth-order valence-electron chi connectivity index (χ4n) is 2.19. The molecule has 0 amide bonds. The monoisotopic (exact) mass is 268 g/mol. The Balaban J connectivity index is 2.05. The molecule has 0 aliphatic rings. The Morgan fingerprint density at radius 2 is 1.95 bits per heavy atom. The quantitative estimate of drug-likeness (QED) is 0.781. The highest BCUT2D eigenvalue weighted by molar-refractivity contribution is 5.88. The number of nitrogens with two attached hydrogens (primary N) is 1. The molecule has 0 aliphatic carbocycles. The lowest BCUT2D eigenvalue weighted by Gasteiger charge is -2.19. The molecule has 3 rings (SSSR count). The zero-order valence-corrected chi connectivity index (χ0v) is 11.5. The molecule has 6 heteroatoms. The van der Waals surface area contributed by atoms with Gasteiger partial charge in [0.2, 0.25) is 0 Å². The maximum Gasteiger partial charge on any atom is 0.163 e. The van der Waals surface area contributed by atoms with Crippen molar-refractivity contribution in [2.75, 3.05) is 11.9 Å². The Morgan fingerprint density at radius 1 is 1.20 bits per heavy atom. The molecule has 0 spiro atoms. The second kappa shape index (κ2) is 4.90. The Hall–Kier alpha value is -2.47. The number of aryl methyl sites for hydroxylation is 1. The molecule has 3 aromatic rings. The first-order valence-corrected chi connectivity index (χ1v) is 6.36. The standard InChI is InChI=1S/C14H16N6/c1-19(11-5-3-10(7-15)4-6-11)13-12-8-18-20(2)14(12)17-9-16-13/h3-6,8-9H,7,15H2,1-2H3. The van der Waals surface area contributed by atoms with Crippen molar-refractivity contribution in [1.29, 1.82) is 0 Å². The van der Waals surface area contributed by atoms with Gasteiger partial charge >= 0.3 is 0 Å². The van der Waals surface area contributed by atoms with Crippen molar-refractivity contribution < 1.29 is 0 Å². The molecule has 2 N–H and O–H groups in total. The minimum Gasteiger partial charge on any atom is -0.329 e. The summed E-state index contributed by atoms with van der Waals surface area (Å²) in [4.78, 5) is 10.6. The van der Waals surface area contributed by atoms with Crippen LogP contribution in [0.3, 0.4) is 0 Å². The summed E-state index contributed by atoms with van der Waals surface area (Å²) in [6, 6.07) is 8.11. The van der Waals surface area contributed by atoms with Gasteiger partial charge in [0.1, 0.15) is 12.1 Å². The predicted octanol–water partition coefficient (Wildman–Crippen LogP) is 1.59. The van der Waals surface area contributed by atoms with Crippen LogP contribution in [0.5, 0.6) is 0 Å².